The Kier molecular flexibility index (Phi) is 4.74. The zero-order valence-corrected chi connectivity index (χ0v) is 11.4. The summed E-state index contributed by atoms with van der Waals surface area (Å²) in [5, 5.41) is 20.3. The van der Waals surface area contributed by atoms with E-state index in [1.807, 2.05) is 0 Å². The number of aromatic carboxylic acids is 1. The fraction of sp³-hybridized carbons (Fsp3) is 0.429. The molecule has 0 radical (unpaired) electrons. The highest BCUT2D eigenvalue weighted by molar-refractivity contribution is 5.93. The monoisotopic (exact) mass is 296 g/mol. The lowest BCUT2D eigenvalue weighted by Gasteiger charge is -2.17. The number of urea groups is 1. The van der Waals surface area contributed by atoms with Gasteiger partial charge in [-0.15, -0.1) is 0 Å². The van der Waals surface area contributed by atoms with E-state index in [0.717, 1.165) is 18.6 Å². The minimum Gasteiger partial charge on any atom is -0.478 e. The molecule has 0 aliphatic carbocycles. The summed E-state index contributed by atoms with van der Waals surface area (Å²) in [5.74, 6) is -1.94. The number of benzene rings is 1. The molecule has 0 bridgehead atoms. The number of nitrogens with one attached hydrogen (secondary N) is 1. The van der Waals surface area contributed by atoms with Crippen LogP contribution < -0.4 is 5.32 Å². The Hall–Kier alpha value is -2.15. The number of aliphatic hydroxyl groups excluding tert-OH is 1. The molecule has 1 heterocycles. The number of likely N-dealkylation sites (tertiary alicyclic amines) is 1. The Balaban J connectivity index is 2.00. The molecule has 3 N–H and O–H groups in total. The molecule has 7 heteroatoms. The normalized spacial score (nSPS) is 17.8. The summed E-state index contributed by atoms with van der Waals surface area (Å²) in [6.45, 7) is 1.24. The molecule has 1 atom stereocenters. The molecule has 1 fully saturated rings. The van der Waals surface area contributed by atoms with E-state index in [1.165, 1.54) is 6.07 Å². The lowest BCUT2D eigenvalue weighted by molar-refractivity contribution is 0.0692. The van der Waals surface area contributed by atoms with Gasteiger partial charge in [0, 0.05) is 25.4 Å². The molecule has 1 aliphatic heterocycles. The number of halogens is 1. The first-order valence-corrected chi connectivity index (χ1v) is 6.71. The van der Waals surface area contributed by atoms with Crippen molar-refractivity contribution < 1.29 is 24.2 Å². The summed E-state index contributed by atoms with van der Waals surface area (Å²) in [4.78, 5) is 24.5. The molecule has 21 heavy (non-hydrogen) atoms. The topological polar surface area (TPSA) is 89.9 Å². The lowest BCUT2D eigenvalue weighted by atomic mass is 10.1. The van der Waals surface area contributed by atoms with Gasteiger partial charge in [-0.3, -0.25) is 0 Å². The van der Waals surface area contributed by atoms with Gasteiger partial charge in [0.1, 0.15) is 5.82 Å². The van der Waals surface area contributed by atoms with Crippen molar-refractivity contribution in [2.45, 2.75) is 12.8 Å². The fourth-order valence-electron chi connectivity index (χ4n) is 2.40. The minimum atomic E-state index is -1.38. The van der Waals surface area contributed by atoms with Gasteiger partial charge in [0.2, 0.25) is 0 Å². The Bertz CT molecular complexity index is 550. The van der Waals surface area contributed by atoms with Crippen molar-refractivity contribution >= 4 is 17.7 Å². The largest absolute Gasteiger partial charge is 0.478 e. The lowest BCUT2D eigenvalue weighted by Crippen LogP contribution is -2.33. The van der Waals surface area contributed by atoms with Crippen LogP contribution in [0.5, 0.6) is 0 Å². The molecule has 1 unspecified atom stereocenters. The van der Waals surface area contributed by atoms with E-state index in [0.29, 0.717) is 19.5 Å². The number of nitrogens with zero attached hydrogens (tertiary/aromatic N) is 1. The number of carbonyl (C=O) groups excluding carboxylic acids is 1. The second kappa shape index (κ2) is 6.53. The predicted molar refractivity (Wildman–Crippen MR) is 73.8 cm³/mol. The Labute approximate surface area is 121 Å². The number of hydrogen-bond acceptors (Lipinski definition) is 3. The maximum atomic E-state index is 13.3. The smallest absolute Gasteiger partial charge is 0.338 e. The predicted octanol–water partition coefficient (Wildman–Crippen LogP) is 1.76. The van der Waals surface area contributed by atoms with Gasteiger partial charge in [-0.25, -0.2) is 14.0 Å². The molecule has 0 aromatic heterocycles. The second-order valence-corrected chi connectivity index (χ2v) is 5.04. The zero-order valence-electron chi connectivity index (χ0n) is 11.4. The Morgan fingerprint density at radius 3 is 2.86 bits per heavy atom. The number of amides is 2. The van der Waals surface area contributed by atoms with Crippen molar-refractivity contribution in [2.24, 2.45) is 5.92 Å². The molecule has 1 aromatic rings. The van der Waals surface area contributed by atoms with E-state index in [1.54, 1.807) is 4.90 Å². The number of aliphatic hydroxyl groups is 1. The van der Waals surface area contributed by atoms with Crippen molar-refractivity contribution in [3.63, 3.8) is 0 Å². The number of anilines is 1. The first-order valence-electron chi connectivity index (χ1n) is 6.71. The maximum absolute atomic E-state index is 13.3. The van der Waals surface area contributed by atoms with Crippen molar-refractivity contribution in [1.29, 1.82) is 0 Å². The molecular formula is C14H17FN2O4. The SMILES string of the molecule is O=C(O)c1cc(NC(=O)N2CCC(CCO)C2)ccc1F. The quantitative estimate of drug-likeness (QED) is 0.789. The number of hydrogen-bond donors (Lipinski definition) is 3. The highest BCUT2D eigenvalue weighted by Crippen LogP contribution is 2.21. The van der Waals surface area contributed by atoms with Gasteiger partial charge < -0.3 is 20.4 Å². The highest BCUT2D eigenvalue weighted by atomic mass is 19.1. The van der Waals surface area contributed by atoms with Gasteiger partial charge in [0.15, 0.2) is 0 Å². The van der Waals surface area contributed by atoms with E-state index in [-0.39, 0.29) is 24.2 Å². The van der Waals surface area contributed by atoms with Crippen molar-refractivity contribution in [1.82, 2.24) is 4.90 Å². The molecular weight excluding hydrogens is 279 g/mol. The number of carboxylic acids is 1. The highest BCUT2D eigenvalue weighted by Gasteiger charge is 2.26. The van der Waals surface area contributed by atoms with Crippen molar-refractivity contribution in [2.75, 3.05) is 25.0 Å². The summed E-state index contributed by atoms with van der Waals surface area (Å²) in [7, 11) is 0. The van der Waals surface area contributed by atoms with E-state index >= 15 is 0 Å². The van der Waals surface area contributed by atoms with Crippen LogP contribution in [0.15, 0.2) is 18.2 Å². The van der Waals surface area contributed by atoms with E-state index in [4.69, 9.17) is 10.2 Å². The molecule has 1 saturated heterocycles. The van der Waals surface area contributed by atoms with Crippen LogP contribution in [0.25, 0.3) is 0 Å². The van der Waals surface area contributed by atoms with Gasteiger partial charge in [0.05, 0.1) is 5.56 Å². The molecule has 2 amide bonds. The van der Waals surface area contributed by atoms with E-state index < -0.39 is 17.3 Å². The van der Waals surface area contributed by atoms with Crippen LogP contribution in [-0.4, -0.2) is 46.8 Å². The van der Waals surface area contributed by atoms with Crippen LogP contribution in [-0.2, 0) is 0 Å². The third-order valence-corrected chi connectivity index (χ3v) is 3.56. The molecule has 0 spiro atoms. The molecule has 1 aliphatic rings. The summed E-state index contributed by atoms with van der Waals surface area (Å²) in [5.41, 5.74) is -0.239. The van der Waals surface area contributed by atoms with Crippen LogP contribution in [0.1, 0.15) is 23.2 Å². The van der Waals surface area contributed by atoms with Crippen LogP contribution >= 0.6 is 0 Å². The van der Waals surface area contributed by atoms with Gasteiger partial charge in [-0.05, 0) is 37.0 Å². The van der Waals surface area contributed by atoms with Gasteiger partial charge >= 0.3 is 12.0 Å². The summed E-state index contributed by atoms with van der Waals surface area (Å²) in [6, 6.07) is 3.08. The second-order valence-electron chi connectivity index (χ2n) is 5.04. The van der Waals surface area contributed by atoms with Gasteiger partial charge in [-0.1, -0.05) is 0 Å². The Morgan fingerprint density at radius 2 is 2.19 bits per heavy atom. The first-order chi connectivity index (χ1) is 10.0. The van der Waals surface area contributed by atoms with Crippen LogP contribution in [0.4, 0.5) is 14.9 Å². The average Bonchev–Trinajstić information content (AvgIpc) is 2.90. The summed E-state index contributed by atoms with van der Waals surface area (Å²) >= 11 is 0. The van der Waals surface area contributed by atoms with Gasteiger partial charge in [-0.2, -0.15) is 0 Å². The van der Waals surface area contributed by atoms with Gasteiger partial charge in [0.25, 0.3) is 0 Å². The number of rotatable bonds is 4. The molecule has 1 aromatic carbocycles. The zero-order chi connectivity index (χ0) is 15.4. The van der Waals surface area contributed by atoms with Crippen LogP contribution in [0.3, 0.4) is 0 Å². The molecule has 2 rings (SSSR count). The van der Waals surface area contributed by atoms with Crippen LogP contribution in [0, 0.1) is 11.7 Å². The number of carboxylic acid groups (broad SMARTS) is 1. The minimum absolute atomic E-state index is 0.0973. The Morgan fingerprint density at radius 1 is 1.43 bits per heavy atom. The fourth-order valence-corrected chi connectivity index (χ4v) is 2.40. The third kappa shape index (κ3) is 3.69. The van der Waals surface area contributed by atoms with Crippen molar-refractivity contribution in [3.05, 3.63) is 29.6 Å². The standard InChI is InChI=1S/C14H17FN2O4/c15-12-2-1-10(7-11(12)13(19)20)16-14(21)17-5-3-9(8-17)4-6-18/h1-2,7,9,18H,3-6,8H2,(H,16,21)(H,19,20). The first kappa shape index (κ1) is 15.2. The summed E-state index contributed by atoms with van der Waals surface area (Å²) in [6.07, 6.45) is 1.49. The summed E-state index contributed by atoms with van der Waals surface area (Å²) < 4.78 is 13.3. The van der Waals surface area contributed by atoms with E-state index in [9.17, 15) is 14.0 Å². The third-order valence-electron chi connectivity index (χ3n) is 3.56. The maximum Gasteiger partial charge on any atom is 0.338 e. The molecule has 114 valence electrons. The van der Waals surface area contributed by atoms with Crippen molar-refractivity contribution in [3.8, 4) is 0 Å². The molecule has 6 nitrogen and oxygen atoms in total. The van der Waals surface area contributed by atoms with Crippen LogP contribution in [0.2, 0.25) is 0 Å². The average molecular weight is 296 g/mol. The molecule has 0 saturated carbocycles. The number of carbonyl (C=O) groups is 2. The van der Waals surface area contributed by atoms with E-state index in [2.05, 4.69) is 5.32 Å².